The summed E-state index contributed by atoms with van der Waals surface area (Å²) in [6.07, 6.45) is 5.97. The van der Waals surface area contributed by atoms with Crippen LogP contribution >= 0.6 is 0 Å². The average Bonchev–Trinajstić information content (AvgIpc) is 2.44. The molecule has 0 saturated heterocycles. The van der Waals surface area contributed by atoms with Crippen LogP contribution in [0.4, 0.5) is 0 Å². The smallest absolute Gasteiger partial charge is 0.323 e. The number of aliphatic hydroxyl groups excluding tert-OH is 2. The van der Waals surface area contributed by atoms with E-state index in [1.165, 1.54) is 38.5 Å². The van der Waals surface area contributed by atoms with Crippen molar-refractivity contribution < 1.29 is 29.3 Å². The number of aliphatic hydroxyl groups is 2. The van der Waals surface area contributed by atoms with E-state index < -0.39 is 17.4 Å². The molecule has 108 valence electrons. The minimum Gasteiger partial charge on any atom is -0.468 e. The Bertz CT molecular complexity index is 311. The zero-order valence-corrected chi connectivity index (χ0v) is 11.2. The molecule has 0 aliphatic carbocycles. The van der Waals surface area contributed by atoms with Gasteiger partial charge < -0.3 is 19.7 Å². The van der Waals surface area contributed by atoms with Gasteiger partial charge in [-0.1, -0.05) is 24.3 Å². The van der Waals surface area contributed by atoms with Crippen molar-refractivity contribution in [1.82, 2.24) is 0 Å². The van der Waals surface area contributed by atoms with Gasteiger partial charge in [0.05, 0.1) is 27.4 Å². The molecule has 0 aromatic heterocycles. The summed E-state index contributed by atoms with van der Waals surface area (Å²) in [5.74, 6) is -1.44. The van der Waals surface area contributed by atoms with Gasteiger partial charge in [0.15, 0.2) is 5.41 Å². The highest BCUT2D eigenvalue weighted by atomic mass is 16.5. The molecule has 0 bridgehead atoms. The van der Waals surface area contributed by atoms with Crippen LogP contribution in [0, 0.1) is 5.41 Å². The molecule has 0 fully saturated rings. The van der Waals surface area contributed by atoms with Crippen LogP contribution in [0.1, 0.15) is 12.8 Å². The molecule has 0 unspecified atom stereocenters. The third-order valence-corrected chi connectivity index (χ3v) is 2.63. The lowest BCUT2D eigenvalue weighted by atomic mass is 9.80. The van der Waals surface area contributed by atoms with Crippen molar-refractivity contribution in [2.24, 2.45) is 5.41 Å². The van der Waals surface area contributed by atoms with E-state index in [1.54, 1.807) is 0 Å². The minimum atomic E-state index is -1.50. The first-order chi connectivity index (χ1) is 9.08. The van der Waals surface area contributed by atoms with E-state index in [0.717, 1.165) is 0 Å². The van der Waals surface area contributed by atoms with Crippen LogP contribution in [0.5, 0.6) is 0 Å². The monoisotopic (exact) mass is 272 g/mol. The van der Waals surface area contributed by atoms with Crippen LogP contribution in [0.2, 0.25) is 0 Å². The van der Waals surface area contributed by atoms with Gasteiger partial charge >= 0.3 is 11.9 Å². The summed E-state index contributed by atoms with van der Waals surface area (Å²) in [6.45, 7) is -0.379. The molecular weight excluding hydrogens is 252 g/mol. The molecular formula is C13H20O6. The van der Waals surface area contributed by atoms with Crippen molar-refractivity contribution in [2.45, 2.75) is 12.8 Å². The van der Waals surface area contributed by atoms with Crippen molar-refractivity contribution in [3.05, 3.63) is 24.3 Å². The highest BCUT2D eigenvalue weighted by Crippen LogP contribution is 2.31. The normalized spacial score (nSPS) is 12.0. The summed E-state index contributed by atoms with van der Waals surface area (Å²) in [4.78, 5) is 23.8. The van der Waals surface area contributed by atoms with E-state index in [2.05, 4.69) is 9.47 Å². The second-order valence-electron chi connectivity index (χ2n) is 3.78. The molecule has 0 heterocycles. The molecule has 0 aromatic carbocycles. The maximum atomic E-state index is 11.9. The molecule has 0 rings (SSSR count). The van der Waals surface area contributed by atoms with Gasteiger partial charge in [0.1, 0.15) is 0 Å². The second kappa shape index (κ2) is 9.29. The molecule has 0 aliphatic heterocycles. The van der Waals surface area contributed by atoms with E-state index in [4.69, 9.17) is 10.2 Å². The lowest BCUT2D eigenvalue weighted by Crippen LogP contribution is -2.40. The van der Waals surface area contributed by atoms with Crippen LogP contribution in [-0.4, -0.2) is 49.6 Å². The number of hydrogen-bond donors (Lipinski definition) is 2. The summed E-state index contributed by atoms with van der Waals surface area (Å²) >= 11 is 0. The third kappa shape index (κ3) is 4.84. The molecule has 0 aliphatic rings. The Labute approximate surface area is 112 Å². The van der Waals surface area contributed by atoms with Gasteiger partial charge in [-0.3, -0.25) is 9.59 Å². The topological polar surface area (TPSA) is 93.1 Å². The van der Waals surface area contributed by atoms with Crippen molar-refractivity contribution >= 4 is 11.9 Å². The number of allylic oxidation sites excluding steroid dienone is 2. The number of esters is 2. The zero-order valence-electron chi connectivity index (χ0n) is 11.2. The molecule has 0 spiro atoms. The van der Waals surface area contributed by atoms with Gasteiger partial charge in [-0.25, -0.2) is 0 Å². The van der Waals surface area contributed by atoms with Crippen molar-refractivity contribution in [2.75, 3.05) is 27.4 Å². The minimum absolute atomic E-state index is 0.0443. The third-order valence-electron chi connectivity index (χ3n) is 2.63. The zero-order chi connectivity index (χ0) is 14.7. The van der Waals surface area contributed by atoms with Crippen LogP contribution in [0.25, 0.3) is 0 Å². The van der Waals surface area contributed by atoms with E-state index in [-0.39, 0.29) is 26.1 Å². The average molecular weight is 272 g/mol. The fourth-order valence-corrected chi connectivity index (χ4v) is 1.61. The lowest BCUT2D eigenvalue weighted by Gasteiger charge is -2.25. The number of methoxy groups -OCH3 is 2. The Morgan fingerprint density at radius 3 is 1.53 bits per heavy atom. The lowest BCUT2D eigenvalue weighted by molar-refractivity contribution is -0.168. The molecule has 19 heavy (non-hydrogen) atoms. The fraction of sp³-hybridized carbons (Fsp3) is 0.538. The molecule has 0 radical (unpaired) electrons. The Hall–Kier alpha value is -1.66. The molecule has 0 amide bonds. The Morgan fingerprint density at radius 2 is 1.26 bits per heavy atom. The van der Waals surface area contributed by atoms with E-state index in [9.17, 15) is 9.59 Å². The summed E-state index contributed by atoms with van der Waals surface area (Å²) in [7, 11) is 2.37. The van der Waals surface area contributed by atoms with E-state index in [0.29, 0.717) is 0 Å². The highest BCUT2D eigenvalue weighted by molar-refractivity contribution is 6.00. The highest BCUT2D eigenvalue weighted by Gasteiger charge is 2.46. The number of rotatable bonds is 8. The van der Waals surface area contributed by atoms with Crippen molar-refractivity contribution in [1.29, 1.82) is 0 Å². The van der Waals surface area contributed by atoms with Gasteiger partial charge in [0.25, 0.3) is 0 Å². The Morgan fingerprint density at radius 1 is 0.895 bits per heavy atom. The number of carbonyl (C=O) groups excluding carboxylic acids is 2. The number of ether oxygens (including phenoxy) is 2. The summed E-state index contributed by atoms with van der Waals surface area (Å²) < 4.78 is 9.34. The predicted molar refractivity (Wildman–Crippen MR) is 68.2 cm³/mol. The van der Waals surface area contributed by atoms with Gasteiger partial charge in [0.2, 0.25) is 0 Å². The molecule has 0 saturated carbocycles. The van der Waals surface area contributed by atoms with Crippen LogP contribution in [-0.2, 0) is 19.1 Å². The second-order valence-corrected chi connectivity index (χ2v) is 3.78. The maximum absolute atomic E-state index is 11.9. The van der Waals surface area contributed by atoms with Crippen LogP contribution in [0.3, 0.4) is 0 Å². The van der Waals surface area contributed by atoms with Crippen molar-refractivity contribution in [3.63, 3.8) is 0 Å². The van der Waals surface area contributed by atoms with Gasteiger partial charge in [0, 0.05) is 0 Å². The Balaban J connectivity index is 5.31. The van der Waals surface area contributed by atoms with Gasteiger partial charge in [-0.05, 0) is 12.8 Å². The number of hydrogen-bond acceptors (Lipinski definition) is 6. The summed E-state index contributed by atoms with van der Waals surface area (Å²) in [5.41, 5.74) is -1.50. The molecule has 6 nitrogen and oxygen atoms in total. The first-order valence-electron chi connectivity index (χ1n) is 5.77. The van der Waals surface area contributed by atoms with Crippen LogP contribution in [0.15, 0.2) is 24.3 Å². The van der Waals surface area contributed by atoms with Crippen molar-refractivity contribution in [3.8, 4) is 0 Å². The predicted octanol–water partition coefficient (Wildman–Crippen LogP) is 0.196. The first kappa shape index (κ1) is 17.3. The molecule has 0 aromatic rings. The largest absolute Gasteiger partial charge is 0.468 e. The summed E-state index contributed by atoms with van der Waals surface area (Å²) in [5, 5.41) is 17.4. The van der Waals surface area contributed by atoms with Gasteiger partial charge in [-0.15, -0.1) is 0 Å². The maximum Gasteiger partial charge on any atom is 0.323 e. The molecule has 6 heteroatoms. The SMILES string of the molecule is COC(=O)C(C/C=C\CO)(C/C=C\CO)C(=O)OC. The molecule has 0 atom stereocenters. The van der Waals surface area contributed by atoms with E-state index >= 15 is 0 Å². The standard InChI is InChI=1S/C13H20O6/c1-18-11(16)13(12(17)19-2,7-3-5-9-14)8-4-6-10-15/h3-6,14-15H,7-10H2,1-2H3/b5-3-,6-4-. The fourth-order valence-electron chi connectivity index (χ4n) is 1.61. The molecule has 2 N–H and O–H groups in total. The number of carbonyl (C=O) groups is 2. The first-order valence-corrected chi connectivity index (χ1v) is 5.77. The van der Waals surface area contributed by atoms with Crippen LogP contribution < -0.4 is 0 Å². The Kier molecular flexibility index (Phi) is 8.48. The van der Waals surface area contributed by atoms with Gasteiger partial charge in [-0.2, -0.15) is 0 Å². The van der Waals surface area contributed by atoms with E-state index in [1.807, 2.05) is 0 Å². The summed E-state index contributed by atoms with van der Waals surface area (Å²) in [6, 6.07) is 0. The quantitative estimate of drug-likeness (QED) is 0.372.